The Labute approximate surface area is 120 Å². The maximum absolute atomic E-state index is 12.2. The highest BCUT2D eigenvalue weighted by Gasteiger charge is 2.23. The van der Waals surface area contributed by atoms with Crippen LogP contribution in [0.4, 0.5) is 0 Å². The van der Waals surface area contributed by atoms with E-state index in [-0.39, 0.29) is 12.0 Å². The minimum Gasteiger partial charge on any atom is -0.481 e. The highest BCUT2D eigenvalue weighted by molar-refractivity contribution is 5.80. The van der Waals surface area contributed by atoms with Crippen LogP contribution in [-0.4, -0.2) is 35.1 Å². The Hall–Kier alpha value is -1.55. The van der Waals surface area contributed by atoms with E-state index in [2.05, 4.69) is 0 Å². The predicted octanol–water partition coefficient (Wildman–Crippen LogP) is 2.30. The van der Waals surface area contributed by atoms with Crippen LogP contribution in [-0.2, 0) is 11.2 Å². The number of aryl methyl sites for hydroxylation is 1. The Kier molecular flexibility index (Phi) is 4.65. The van der Waals surface area contributed by atoms with E-state index in [4.69, 9.17) is 4.74 Å². The molecule has 0 saturated heterocycles. The molecule has 4 nitrogen and oxygen atoms in total. The van der Waals surface area contributed by atoms with Crippen molar-refractivity contribution in [2.75, 3.05) is 13.1 Å². The van der Waals surface area contributed by atoms with Crippen LogP contribution in [0.25, 0.3) is 0 Å². The van der Waals surface area contributed by atoms with E-state index in [1.54, 1.807) is 11.8 Å². The number of nitrogens with zero attached hydrogens (tertiary/aromatic N) is 1. The van der Waals surface area contributed by atoms with Crippen molar-refractivity contribution in [1.82, 2.24) is 4.90 Å². The third kappa shape index (κ3) is 2.96. The molecule has 0 aliphatic heterocycles. The highest BCUT2D eigenvalue weighted by atomic mass is 16.5. The van der Waals surface area contributed by atoms with Gasteiger partial charge in [0.15, 0.2) is 6.10 Å². The maximum atomic E-state index is 12.2. The van der Waals surface area contributed by atoms with Gasteiger partial charge in [0.05, 0.1) is 6.10 Å². The largest absolute Gasteiger partial charge is 0.481 e. The smallest absolute Gasteiger partial charge is 0.263 e. The van der Waals surface area contributed by atoms with Crippen LogP contribution in [0.2, 0.25) is 0 Å². The SMILES string of the molecule is CCN(CC)C(=O)C(C)Oc1ccc2c(c1)CC[C@H]2O. The molecule has 1 amide bonds. The van der Waals surface area contributed by atoms with Gasteiger partial charge in [0.25, 0.3) is 5.91 Å². The molecule has 2 rings (SSSR count). The van der Waals surface area contributed by atoms with Crippen molar-refractivity contribution in [3.8, 4) is 5.75 Å². The van der Waals surface area contributed by atoms with Gasteiger partial charge in [-0.2, -0.15) is 0 Å². The molecule has 2 atom stereocenters. The van der Waals surface area contributed by atoms with Gasteiger partial charge >= 0.3 is 0 Å². The number of rotatable bonds is 5. The second-order valence-electron chi connectivity index (χ2n) is 5.19. The van der Waals surface area contributed by atoms with Gasteiger partial charge in [-0.3, -0.25) is 4.79 Å². The van der Waals surface area contributed by atoms with E-state index in [0.717, 1.165) is 24.0 Å². The van der Waals surface area contributed by atoms with Crippen molar-refractivity contribution >= 4 is 5.91 Å². The molecule has 4 heteroatoms. The van der Waals surface area contributed by atoms with Crippen LogP contribution in [0.3, 0.4) is 0 Å². The molecule has 1 N–H and O–H groups in total. The fourth-order valence-corrected chi connectivity index (χ4v) is 2.69. The van der Waals surface area contributed by atoms with Crippen molar-refractivity contribution in [3.63, 3.8) is 0 Å². The molecule has 0 aromatic heterocycles. The van der Waals surface area contributed by atoms with Crippen molar-refractivity contribution in [1.29, 1.82) is 0 Å². The normalized spacial score (nSPS) is 18.5. The molecule has 0 fully saturated rings. The van der Waals surface area contributed by atoms with Gasteiger partial charge in [-0.25, -0.2) is 0 Å². The Bertz CT molecular complexity index is 483. The summed E-state index contributed by atoms with van der Waals surface area (Å²) < 4.78 is 5.75. The van der Waals surface area contributed by atoms with E-state index in [1.165, 1.54) is 0 Å². The number of carbonyl (C=O) groups is 1. The van der Waals surface area contributed by atoms with Crippen LogP contribution in [0.5, 0.6) is 5.75 Å². The van der Waals surface area contributed by atoms with Gasteiger partial charge in [-0.1, -0.05) is 6.07 Å². The predicted molar refractivity (Wildman–Crippen MR) is 77.7 cm³/mol. The van der Waals surface area contributed by atoms with Crippen molar-refractivity contribution in [2.24, 2.45) is 0 Å². The molecule has 20 heavy (non-hydrogen) atoms. The highest BCUT2D eigenvalue weighted by Crippen LogP contribution is 2.33. The van der Waals surface area contributed by atoms with Gasteiger partial charge < -0.3 is 14.7 Å². The first-order valence-corrected chi connectivity index (χ1v) is 7.33. The number of carbonyl (C=O) groups excluding carboxylic acids is 1. The summed E-state index contributed by atoms with van der Waals surface area (Å²) in [6, 6.07) is 5.67. The molecule has 0 bridgehead atoms. The van der Waals surface area contributed by atoms with Crippen LogP contribution in [0.1, 0.15) is 44.4 Å². The number of benzene rings is 1. The second kappa shape index (κ2) is 6.27. The summed E-state index contributed by atoms with van der Waals surface area (Å²) in [6.45, 7) is 7.09. The standard InChI is InChI=1S/C16H23NO3/c1-4-17(5-2)16(19)11(3)20-13-7-8-14-12(10-13)6-9-15(14)18/h7-8,10-11,15,18H,4-6,9H2,1-3H3/t11?,15-/m1/s1. The summed E-state index contributed by atoms with van der Waals surface area (Å²) in [5.41, 5.74) is 2.11. The van der Waals surface area contributed by atoms with Crippen LogP contribution >= 0.6 is 0 Å². The average Bonchev–Trinajstić information content (AvgIpc) is 2.81. The summed E-state index contributed by atoms with van der Waals surface area (Å²) in [5, 5.41) is 9.78. The molecular weight excluding hydrogens is 254 g/mol. The Morgan fingerprint density at radius 2 is 2.15 bits per heavy atom. The van der Waals surface area contributed by atoms with Gasteiger partial charge in [0.2, 0.25) is 0 Å². The topological polar surface area (TPSA) is 49.8 Å². The minimum atomic E-state index is -0.487. The fourth-order valence-electron chi connectivity index (χ4n) is 2.69. The molecule has 1 aliphatic carbocycles. The molecule has 1 aliphatic rings. The van der Waals surface area contributed by atoms with Gasteiger partial charge in [-0.15, -0.1) is 0 Å². The van der Waals surface area contributed by atoms with E-state index < -0.39 is 6.10 Å². The lowest BCUT2D eigenvalue weighted by Gasteiger charge is -2.23. The number of amides is 1. The summed E-state index contributed by atoms with van der Waals surface area (Å²) in [6.07, 6.45) is 0.798. The van der Waals surface area contributed by atoms with Crippen molar-refractivity contribution in [2.45, 2.75) is 45.8 Å². The lowest BCUT2D eigenvalue weighted by Crippen LogP contribution is -2.40. The molecule has 1 unspecified atom stereocenters. The number of likely N-dealkylation sites (N-methyl/N-ethyl adjacent to an activating group) is 1. The lowest BCUT2D eigenvalue weighted by molar-refractivity contribution is -0.137. The summed E-state index contributed by atoms with van der Waals surface area (Å²) in [4.78, 5) is 13.9. The number of fused-ring (bicyclic) bond motifs is 1. The summed E-state index contributed by atoms with van der Waals surface area (Å²) in [7, 11) is 0. The molecule has 1 aromatic rings. The number of aliphatic hydroxyl groups excluding tert-OH is 1. The zero-order valence-electron chi connectivity index (χ0n) is 12.4. The average molecular weight is 277 g/mol. The number of hydrogen-bond donors (Lipinski definition) is 1. The monoisotopic (exact) mass is 277 g/mol. The van der Waals surface area contributed by atoms with Gasteiger partial charge in [-0.05, 0) is 56.9 Å². The second-order valence-corrected chi connectivity index (χ2v) is 5.19. The third-order valence-corrected chi connectivity index (χ3v) is 3.90. The number of hydrogen-bond acceptors (Lipinski definition) is 3. The fraction of sp³-hybridized carbons (Fsp3) is 0.562. The first kappa shape index (κ1) is 14.9. The summed E-state index contributed by atoms with van der Waals surface area (Å²) >= 11 is 0. The molecule has 1 aromatic carbocycles. The minimum absolute atomic E-state index is 0.00975. The van der Waals surface area contributed by atoms with Crippen molar-refractivity contribution < 1.29 is 14.6 Å². The number of aliphatic hydroxyl groups is 1. The van der Waals surface area contributed by atoms with Crippen LogP contribution in [0.15, 0.2) is 18.2 Å². The van der Waals surface area contributed by atoms with Crippen LogP contribution < -0.4 is 4.74 Å². The summed E-state index contributed by atoms with van der Waals surface area (Å²) in [5.74, 6) is 0.710. The number of ether oxygens (including phenoxy) is 1. The maximum Gasteiger partial charge on any atom is 0.263 e. The molecule has 110 valence electrons. The zero-order chi connectivity index (χ0) is 14.7. The van der Waals surface area contributed by atoms with E-state index in [1.807, 2.05) is 32.0 Å². The van der Waals surface area contributed by atoms with E-state index >= 15 is 0 Å². The Morgan fingerprint density at radius 1 is 1.45 bits per heavy atom. The van der Waals surface area contributed by atoms with E-state index in [9.17, 15) is 9.90 Å². The van der Waals surface area contributed by atoms with Gasteiger partial charge in [0, 0.05) is 13.1 Å². The van der Waals surface area contributed by atoms with Crippen LogP contribution in [0, 0.1) is 0 Å². The van der Waals surface area contributed by atoms with Crippen molar-refractivity contribution in [3.05, 3.63) is 29.3 Å². The molecule has 0 radical (unpaired) electrons. The first-order chi connectivity index (χ1) is 9.56. The Morgan fingerprint density at radius 3 is 2.80 bits per heavy atom. The third-order valence-electron chi connectivity index (χ3n) is 3.90. The molecule has 0 saturated carbocycles. The lowest BCUT2D eigenvalue weighted by atomic mass is 10.1. The molecular formula is C16H23NO3. The van der Waals surface area contributed by atoms with E-state index in [0.29, 0.717) is 18.8 Å². The Balaban J connectivity index is 2.05. The quantitative estimate of drug-likeness (QED) is 0.898. The zero-order valence-corrected chi connectivity index (χ0v) is 12.4. The van der Waals surface area contributed by atoms with Gasteiger partial charge in [0.1, 0.15) is 5.75 Å². The molecule has 0 heterocycles. The molecule has 0 spiro atoms. The first-order valence-electron chi connectivity index (χ1n) is 7.33.